The molecule has 1 aliphatic heterocycles. The van der Waals surface area contributed by atoms with E-state index in [0.717, 1.165) is 4.90 Å². The Hall–Kier alpha value is -3.04. The maximum absolute atomic E-state index is 13.3. The lowest BCUT2D eigenvalue weighted by atomic mass is 9.86. The number of halogens is 3. The Morgan fingerprint density at radius 3 is 2.39 bits per heavy atom. The molecule has 1 amide bonds. The molecule has 150 valence electrons. The lowest BCUT2D eigenvalue weighted by molar-refractivity contribution is -0.227. The summed E-state index contributed by atoms with van der Waals surface area (Å²) in [6.07, 6.45) is -5.64. The number of amides is 1. The highest BCUT2D eigenvalue weighted by Crippen LogP contribution is 2.46. The van der Waals surface area contributed by atoms with Crippen LogP contribution in [0.25, 0.3) is 5.69 Å². The molecule has 1 atom stereocenters. The minimum absolute atomic E-state index is 0.0447. The van der Waals surface area contributed by atoms with E-state index in [1.165, 1.54) is 17.9 Å². The Morgan fingerprint density at radius 2 is 1.89 bits per heavy atom. The molecule has 1 aliphatic rings. The van der Waals surface area contributed by atoms with Crippen LogP contribution < -0.4 is 4.74 Å². The third kappa shape index (κ3) is 3.19. The summed E-state index contributed by atoms with van der Waals surface area (Å²) in [5, 5.41) is 13.3. The molecule has 0 aliphatic carbocycles. The number of carboxylic acid groups (broad SMARTS) is 1. The predicted molar refractivity (Wildman–Crippen MR) is 91.5 cm³/mol. The molecule has 2 aromatic rings. The molecule has 0 saturated carbocycles. The Kier molecular flexibility index (Phi) is 4.82. The van der Waals surface area contributed by atoms with Gasteiger partial charge in [-0.25, -0.2) is 4.68 Å². The van der Waals surface area contributed by atoms with E-state index in [-0.39, 0.29) is 12.2 Å². The molecule has 10 heteroatoms. The highest BCUT2D eigenvalue weighted by atomic mass is 19.4. The Labute approximate surface area is 158 Å². The molecule has 1 saturated heterocycles. The van der Waals surface area contributed by atoms with Crippen LogP contribution in [0.5, 0.6) is 5.75 Å². The summed E-state index contributed by atoms with van der Waals surface area (Å²) < 4.78 is 46.5. The van der Waals surface area contributed by atoms with Crippen LogP contribution in [0.1, 0.15) is 22.6 Å². The van der Waals surface area contributed by atoms with E-state index in [9.17, 15) is 22.8 Å². The van der Waals surface area contributed by atoms with E-state index in [0.29, 0.717) is 17.1 Å². The zero-order chi connectivity index (χ0) is 20.7. The smallest absolute Gasteiger partial charge is 0.406 e. The predicted octanol–water partition coefficient (Wildman–Crippen LogP) is 2.67. The third-order valence-corrected chi connectivity index (χ3v) is 4.93. The first-order chi connectivity index (χ1) is 13.1. The van der Waals surface area contributed by atoms with Gasteiger partial charge < -0.3 is 14.7 Å². The van der Waals surface area contributed by atoms with Gasteiger partial charge >= 0.3 is 12.1 Å². The van der Waals surface area contributed by atoms with Gasteiger partial charge in [0.05, 0.1) is 12.8 Å². The van der Waals surface area contributed by atoms with Crippen molar-refractivity contribution in [2.24, 2.45) is 5.41 Å². The molecule has 1 aromatic heterocycles. The molecule has 0 radical (unpaired) electrons. The van der Waals surface area contributed by atoms with Crippen molar-refractivity contribution in [1.82, 2.24) is 14.7 Å². The Balaban J connectivity index is 1.85. The van der Waals surface area contributed by atoms with Gasteiger partial charge in [0.2, 0.25) is 0 Å². The molecule has 3 rings (SSSR count). The van der Waals surface area contributed by atoms with Crippen molar-refractivity contribution in [1.29, 1.82) is 0 Å². The van der Waals surface area contributed by atoms with Gasteiger partial charge in [-0.2, -0.15) is 18.3 Å². The van der Waals surface area contributed by atoms with E-state index in [1.807, 2.05) is 0 Å². The Bertz CT molecular complexity index is 908. The van der Waals surface area contributed by atoms with Crippen LogP contribution in [0.2, 0.25) is 0 Å². The average molecular weight is 397 g/mol. The van der Waals surface area contributed by atoms with Gasteiger partial charge in [0.25, 0.3) is 5.91 Å². The fourth-order valence-corrected chi connectivity index (χ4v) is 3.24. The van der Waals surface area contributed by atoms with Crippen molar-refractivity contribution in [2.75, 3.05) is 20.2 Å². The van der Waals surface area contributed by atoms with Crippen molar-refractivity contribution in [3.05, 3.63) is 41.7 Å². The number of carbonyl (C=O) groups excluding carboxylic acids is 1. The molecular formula is C18H18F3N3O4. The lowest BCUT2D eigenvalue weighted by Gasteiger charge is -2.27. The van der Waals surface area contributed by atoms with E-state index in [2.05, 4.69) is 5.10 Å². The number of rotatable bonds is 4. The van der Waals surface area contributed by atoms with Crippen LogP contribution in [0.4, 0.5) is 13.2 Å². The largest absolute Gasteiger partial charge is 0.497 e. The van der Waals surface area contributed by atoms with Crippen LogP contribution in [-0.4, -0.2) is 58.0 Å². The van der Waals surface area contributed by atoms with E-state index >= 15 is 0 Å². The van der Waals surface area contributed by atoms with Crippen molar-refractivity contribution >= 4 is 11.9 Å². The van der Waals surface area contributed by atoms with Crippen molar-refractivity contribution in [3.8, 4) is 11.4 Å². The second-order valence-electron chi connectivity index (χ2n) is 6.64. The van der Waals surface area contributed by atoms with Gasteiger partial charge in [-0.3, -0.25) is 9.59 Å². The maximum Gasteiger partial charge on any atom is 0.406 e. The number of alkyl halides is 3. The van der Waals surface area contributed by atoms with Crippen LogP contribution in [0.15, 0.2) is 30.3 Å². The second kappa shape index (κ2) is 6.84. The first kappa shape index (κ1) is 19.7. The minimum Gasteiger partial charge on any atom is -0.497 e. The Morgan fingerprint density at radius 1 is 1.25 bits per heavy atom. The van der Waals surface area contributed by atoms with Gasteiger partial charge in [0, 0.05) is 18.8 Å². The summed E-state index contributed by atoms with van der Waals surface area (Å²) in [6, 6.07) is 8.33. The zero-order valence-electron chi connectivity index (χ0n) is 15.2. The summed E-state index contributed by atoms with van der Waals surface area (Å²) in [5.41, 5.74) is -1.74. The number of benzene rings is 1. The van der Waals surface area contributed by atoms with E-state index < -0.39 is 36.4 Å². The van der Waals surface area contributed by atoms with Gasteiger partial charge in [0.15, 0.2) is 11.1 Å². The summed E-state index contributed by atoms with van der Waals surface area (Å²) in [7, 11) is 1.53. The van der Waals surface area contributed by atoms with Gasteiger partial charge in [-0.1, -0.05) is 0 Å². The summed E-state index contributed by atoms with van der Waals surface area (Å²) >= 11 is 0. The monoisotopic (exact) mass is 397 g/mol. The molecule has 28 heavy (non-hydrogen) atoms. The number of carbonyl (C=O) groups is 2. The normalized spacial score (nSPS) is 19.7. The topological polar surface area (TPSA) is 84.7 Å². The molecule has 0 bridgehead atoms. The van der Waals surface area contributed by atoms with E-state index in [1.54, 1.807) is 31.2 Å². The van der Waals surface area contributed by atoms with Crippen LogP contribution in [-0.2, 0) is 4.79 Å². The molecule has 1 aromatic carbocycles. The number of ether oxygens (including phenoxy) is 1. The average Bonchev–Trinajstić information content (AvgIpc) is 3.26. The number of likely N-dealkylation sites (tertiary alicyclic amines) is 1. The van der Waals surface area contributed by atoms with E-state index in [4.69, 9.17) is 9.84 Å². The highest BCUT2D eigenvalue weighted by Gasteiger charge is 2.64. The van der Waals surface area contributed by atoms with Crippen LogP contribution in [0, 0.1) is 12.3 Å². The maximum atomic E-state index is 13.3. The number of aromatic nitrogens is 2. The number of aryl methyl sites for hydroxylation is 1. The zero-order valence-corrected chi connectivity index (χ0v) is 15.2. The summed E-state index contributed by atoms with van der Waals surface area (Å²) in [6.45, 7) is 0.466. The third-order valence-electron chi connectivity index (χ3n) is 4.93. The molecule has 0 spiro atoms. The van der Waals surface area contributed by atoms with Gasteiger partial charge in [-0.15, -0.1) is 0 Å². The number of hydrogen-bond donors (Lipinski definition) is 1. The minimum atomic E-state index is -4.95. The molecule has 2 heterocycles. The lowest BCUT2D eigenvalue weighted by Crippen LogP contribution is -2.47. The molecular weight excluding hydrogens is 379 g/mol. The standard InChI is InChI=1S/C18H18F3N3O4/c1-11-9-14(22-24(11)12-3-5-13(28-2)6-4-12)15(25)23-8-7-17(10-23,16(26)27)18(19,20)21/h3-6,9H,7-8,10H2,1-2H3,(H,26,27). The quantitative estimate of drug-likeness (QED) is 0.858. The number of methoxy groups -OCH3 is 1. The van der Waals surface area contributed by atoms with Crippen molar-refractivity contribution in [2.45, 2.75) is 19.5 Å². The fraction of sp³-hybridized carbons (Fsp3) is 0.389. The van der Waals surface area contributed by atoms with Gasteiger partial charge in [0.1, 0.15) is 5.75 Å². The number of nitrogens with zero attached hydrogens (tertiary/aromatic N) is 3. The van der Waals surface area contributed by atoms with Crippen molar-refractivity contribution in [3.63, 3.8) is 0 Å². The number of carboxylic acids is 1. The van der Waals surface area contributed by atoms with Gasteiger partial charge in [-0.05, 0) is 43.7 Å². The number of hydrogen-bond acceptors (Lipinski definition) is 4. The summed E-state index contributed by atoms with van der Waals surface area (Å²) in [4.78, 5) is 24.8. The fourth-order valence-electron chi connectivity index (χ4n) is 3.24. The summed E-state index contributed by atoms with van der Waals surface area (Å²) in [5.74, 6) is -2.07. The van der Waals surface area contributed by atoms with Crippen LogP contribution >= 0.6 is 0 Å². The highest BCUT2D eigenvalue weighted by molar-refractivity contribution is 5.93. The molecule has 1 fully saturated rings. The number of aliphatic carboxylic acids is 1. The molecule has 1 unspecified atom stereocenters. The first-order valence-electron chi connectivity index (χ1n) is 8.39. The molecule has 7 nitrogen and oxygen atoms in total. The second-order valence-corrected chi connectivity index (χ2v) is 6.64. The first-order valence-corrected chi connectivity index (χ1v) is 8.39. The van der Waals surface area contributed by atoms with Crippen LogP contribution in [0.3, 0.4) is 0 Å². The molecule has 1 N–H and O–H groups in total. The van der Waals surface area contributed by atoms with Crippen molar-refractivity contribution < 1.29 is 32.6 Å². The SMILES string of the molecule is COc1ccc(-n2nc(C(=O)N3CCC(C(=O)O)(C(F)(F)F)C3)cc2C)cc1.